The highest BCUT2D eigenvalue weighted by Gasteiger charge is 2.35. The third kappa shape index (κ3) is 2.19. The zero-order chi connectivity index (χ0) is 9.84. The molecule has 0 radical (unpaired) electrons. The van der Waals surface area contributed by atoms with E-state index in [0.717, 1.165) is 19.6 Å². The molecule has 1 saturated heterocycles. The van der Waals surface area contributed by atoms with Gasteiger partial charge in [-0.05, 0) is 13.1 Å². The molecule has 0 aromatic rings. The second-order valence-electron chi connectivity index (χ2n) is 3.39. The summed E-state index contributed by atoms with van der Waals surface area (Å²) >= 11 is 0. The first kappa shape index (κ1) is 10.5. The molecule has 2 atom stereocenters. The van der Waals surface area contributed by atoms with Gasteiger partial charge in [-0.15, -0.1) is 0 Å². The molecule has 0 aromatic carbocycles. The summed E-state index contributed by atoms with van der Waals surface area (Å²) in [5, 5.41) is 12.1. The Morgan fingerprint density at radius 1 is 1.46 bits per heavy atom. The highest BCUT2D eigenvalue weighted by molar-refractivity contribution is 5.71. The average molecular weight is 186 g/mol. The largest absolute Gasteiger partial charge is 0.481 e. The number of hydrogen-bond donors (Lipinski definition) is 2. The van der Waals surface area contributed by atoms with Crippen LogP contribution in [0.4, 0.5) is 0 Å². The van der Waals surface area contributed by atoms with E-state index < -0.39 is 5.97 Å². The van der Waals surface area contributed by atoms with E-state index in [1.165, 1.54) is 0 Å². The van der Waals surface area contributed by atoms with Crippen molar-refractivity contribution in [1.29, 1.82) is 0 Å². The van der Waals surface area contributed by atoms with Gasteiger partial charge >= 0.3 is 5.97 Å². The first-order valence-electron chi connectivity index (χ1n) is 4.88. The smallest absolute Gasteiger partial charge is 0.309 e. The summed E-state index contributed by atoms with van der Waals surface area (Å²) in [7, 11) is 0. The van der Waals surface area contributed by atoms with Gasteiger partial charge in [0.05, 0.1) is 5.92 Å². The second kappa shape index (κ2) is 4.58. The minimum Gasteiger partial charge on any atom is -0.481 e. The Labute approximate surface area is 78.9 Å². The number of likely N-dealkylation sites (N-methyl/N-ethyl adjacent to an activating group) is 1. The molecule has 2 unspecified atom stereocenters. The van der Waals surface area contributed by atoms with Crippen molar-refractivity contribution in [3.05, 3.63) is 0 Å². The third-order valence-electron chi connectivity index (χ3n) is 2.78. The third-order valence-corrected chi connectivity index (χ3v) is 2.78. The molecule has 4 heteroatoms. The molecular weight excluding hydrogens is 168 g/mol. The number of nitrogens with zero attached hydrogens (tertiary/aromatic N) is 1. The number of carboxylic acids is 1. The zero-order valence-corrected chi connectivity index (χ0v) is 8.29. The van der Waals surface area contributed by atoms with E-state index in [2.05, 4.69) is 24.1 Å². The zero-order valence-electron chi connectivity index (χ0n) is 8.29. The quantitative estimate of drug-likeness (QED) is 0.649. The number of nitrogens with one attached hydrogen (secondary N) is 1. The first-order valence-corrected chi connectivity index (χ1v) is 4.88. The van der Waals surface area contributed by atoms with Crippen molar-refractivity contribution in [1.82, 2.24) is 10.2 Å². The molecule has 4 nitrogen and oxygen atoms in total. The lowest BCUT2D eigenvalue weighted by molar-refractivity contribution is -0.142. The van der Waals surface area contributed by atoms with Gasteiger partial charge in [0.1, 0.15) is 0 Å². The molecule has 76 valence electrons. The van der Waals surface area contributed by atoms with Crippen molar-refractivity contribution >= 4 is 5.97 Å². The fraction of sp³-hybridized carbons (Fsp3) is 0.889. The minimum atomic E-state index is -0.679. The Kier molecular flexibility index (Phi) is 3.69. The van der Waals surface area contributed by atoms with Crippen molar-refractivity contribution in [2.75, 3.05) is 26.2 Å². The van der Waals surface area contributed by atoms with E-state index in [9.17, 15) is 4.79 Å². The summed E-state index contributed by atoms with van der Waals surface area (Å²) in [6, 6.07) is 0.174. The number of rotatable bonds is 4. The van der Waals surface area contributed by atoms with Gasteiger partial charge in [-0.2, -0.15) is 0 Å². The van der Waals surface area contributed by atoms with Gasteiger partial charge in [-0.3, -0.25) is 9.69 Å². The maximum absolute atomic E-state index is 10.9. The normalized spacial score (nSPS) is 28.2. The molecule has 0 amide bonds. The highest BCUT2D eigenvalue weighted by Crippen LogP contribution is 2.15. The van der Waals surface area contributed by atoms with Crippen LogP contribution in [0.2, 0.25) is 0 Å². The van der Waals surface area contributed by atoms with Crippen molar-refractivity contribution in [2.45, 2.75) is 19.9 Å². The van der Waals surface area contributed by atoms with E-state index in [-0.39, 0.29) is 12.0 Å². The Balaban J connectivity index is 2.61. The molecule has 0 spiro atoms. The number of hydrogen-bond acceptors (Lipinski definition) is 3. The topological polar surface area (TPSA) is 52.6 Å². The summed E-state index contributed by atoms with van der Waals surface area (Å²) in [4.78, 5) is 13.1. The molecule has 2 N–H and O–H groups in total. The fourth-order valence-corrected chi connectivity index (χ4v) is 1.99. The predicted molar refractivity (Wildman–Crippen MR) is 50.7 cm³/mol. The van der Waals surface area contributed by atoms with Crippen LogP contribution < -0.4 is 5.32 Å². The molecule has 0 saturated carbocycles. The SMILES string of the molecule is CCN(CC)C1CNCC1C(=O)O. The molecule has 0 aliphatic carbocycles. The summed E-state index contributed by atoms with van der Waals surface area (Å²) in [5.74, 6) is -0.915. The maximum atomic E-state index is 10.9. The van der Waals surface area contributed by atoms with Crippen LogP contribution in [0.15, 0.2) is 0 Å². The molecule has 1 rings (SSSR count). The summed E-state index contributed by atoms with van der Waals surface area (Å²) in [6.45, 7) is 7.40. The van der Waals surface area contributed by atoms with Gasteiger partial charge in [-0.25, -0.2) is 0 Å². The summed E-state index contributed by atoms with van der Waals surface area (Å²) in [5.41, 5.74) is 0. The van der Waals surface area contributed by atoms with E-state index in [1.807, 2.05) is 0 Å². The number of carboxylic acid groups (broad SMARTS) is 1. The van der Waals surface area contributed by atoms with Crippen molar-refractivity contribution < 1.29 is 9.90 Å². The number of aliphatic carboxylic acids is 1. The van der Waals surface area contributed by atoms with Gasteiger partial charge in [0.2, 0.25) is 0 Å². The Hall–Kier alpha value is -0.610. The standard InChI is InChI=1S/C9H18N2O2/c1-3-11(4-2)8-6-10-5-7(8)9(12)13/h7-8,10H,3-6H2,1-2H3,(H,12,13). The van der Waals surface area contributed by atoms with Gasteiger partial charge < -0.3 is 10.4 Å². The summed E-state index contributed by atoms with van der Waals surface area (Å²) < 4.78 is 0. The van der Waals surface area contributed by atoms with Gasteiger partial charge in [0, 0.05) is 19.1 Å². The highest BCUT2D eigenvalue weighted by atomic mass is 16.4. The van der Waals surface area contributed by atoms with E-state index in [4.69, 9.17) is 5.11 Å². The van der Waals surface area contributed by atoms with Gasteiger partial charge in [-0.1, -0.05) is 13.8 Å². The lowest BCUT2D eigenvalue weighted by Gasteiger charge is -2.28. The Morgan fingerprint density at radius 2 is 2.08 bits per heavy atom. The Morgan fingerprint density at radius 3 is 2.54 bits per heavy atom. The van der Waals surface area contributed by atoms with Crippen LogP contribution in [0.5, 0.6) is 0 Å². The molecule has 1 aliphatic heterocycles. The van der Waals surface area contributed by atoms with Crippen LogP contribution >= 0.6 is 0 Å². The minimum absolute atomic E-state index is 0.174. The van der Waals surface area contributed by atoms with E-state index in [0.29, 0.717) is 6.54 Å². The van der Waals surface area contributed by atoms with Crippen molar-refractivity contribution in [2.24, 2.45) is 5.92 Å². The first-order chi connectivity index (χ1) is 6.20. The molecule has 0 aromatic heterocycles. The molecule has 13 heavy (non-hydrogen) atoms. The van der Waals surface area contributed by atoms with Crippen molar-refractivity contribution in [3.63, 3.8) is 0 Å². The monoisotopic (exact) mass is 186 g/mol. The average Bonchev–Trinajstić information content (AvgIpc) is 2.55. The Bertz CT molecular complexity index is 180. The van der Waals surface area contributed by atoms with Crippen LogP contribution in [0.1, 0.15) is 13.8 Å². The van der Waals surface area contributed by atoms with Gasteiger partial charge in [0.15, 0.2) is 0 Å². The van der Waals surface area contributed by atoms with Crippen LogP contribution in [0.3, 0.4) is 0 Å². The number of carbonyl (C=O) groups is 1. The van der Waals surface area contributed by atoms with Crippen LogP contribution in [0.25, 0.3) is 0 Å². The maximum Gasteiger partial charge on any atom is 0.309 e. The van der Waals surface area contributed by atoms with Crippen LogP contribution in [-0.4, -0.2) is 48.2 Å². The molecule has 1 aliphatic rings. The van der Waals surface area contributed by atoms with E-state index in [1.54, 1.807) is 0 Å². The van der Waals surface area contributed by atoms with Crippen LogP contribution in [-0.2, 0) is 4.79 Å². The molecule has 0 bridgehead atoms. The van der Waals surface area contributed by atoms with E-state index >= 15 is 0 Å². The summed E-state index contributed by atoms with van der Waals surface area (Å²) in [6.07, 6.45) is 0. The predicted octanol–water partition coefficient (Wildman–Crippen LogP) is 0.000800. The van der Waals surface area contributed by atoms with Crippen LogP contribution in [0, 0.1) is 5.92 Å². The van der Waals surface area contributed by atoms with Crippen molar-refractivity contribution in [3.8, 4) is 0 Å². The molecular formula is C9H18N2O2. The lowest BCUT2D eigenvalue weighted by Crippen LogP contribution is -2.43. The van der Waals surface area contributed by atoms with Gasteiger partial charge in [0.25, 0.3) is 0 Å². The molecule has 1 fully saturated rings. The lowest BCUT2D eigenvalue weighted by atomic mass is 10.0. The second-order valence-corrected chi connectivity index (χ2v) is 3.39. The molecule has 1 heterocycles. The fourth-order valence-electron chi connectivity index (χ4n) is 1.99.